The van der Waals surface area contributed by atoms with Crippen LogP contribution in [0.2, 0.25) is 0 Å². The summed E-state index contributed by atoms with van der Waals surface area (Å²) in [6, 6.07) is 22.4. The van der Waals surface area contributed by atoms with Crippen LogP contribution in [-0.2, 0) is 17.7 Å². The zero-order valence-electron chi connectivity index (χ0n) is 18.1. The Labute approximate surface area is 186 Å². The molecule has 0 aliphatic carbocycles. The van der Waals surface area contributed by atoms with Gasteiger partial charge >= 0.3 is 0 Å². The Morgan fingerprint density at radius 1 is 1.00 bits per heavy atom. The van der Waals surface area contributed by atoms with E-state index in [1.807, 2.05) is 42.5 Å². The second-order valence-electron chi connectivity index (χ2n) is 7.74. The van der Waals surface area contributed by atoms with Gasteiger partial charge in [0.05, 0.1) is 16.8 Å². The highest BCUT2D eigenvalue weighted by Gasteiger charge is 2.12. The zero-order valence-corrected chi connectivity index (χ0v) is 18.9. The number of aromatic nitrogens is 1. The first-order chi connectivity index (χ1) is 15.0. The molecule has 0 spiro atoms. The molecule has 0 fully saturated rings. The van der Waals surface area contributed by atoms with Gasteiger partial charge in [-0.25, -0.2) is 0 Å². The molecule has 5 heteroatoms. The predicted octanol–water partition coefficient (Wildman–Crippen LogP) is 5.30. The molecule has 158 valence electrons. The fourth-order valence-corrected chi connectivity index (χ4v) is 4.85. The van der Waals surface area contributed by atoms with Crippen molar-refractivity contribution < 1.29 is 9.53 Å². The Morgan fingerprint density at radius 2 is 1.71 bits per heavy atom. The standard InChI is InChI=1S/C26H26N2O2S/c1-18-15-19(2)24-23(16-18)28(13-14-30-3)26(31-24)27-25(29)22-11-9-21(10-12-22)17-20-7-5-4-6-8-20/h4-12,15-16H,13-14,17H2,1-3H3. The Bertz CT molecular complexity index is 1270. The minimum atomic E-state index is -0.224. The van der Waals surface area contributed by atoms with E-state index in [9.17, 15) is 4.79 Å². The van der Waals surface area contributed by atoms with E-state index < -0.39 is 0 Å². The summed E-state index contributed by atoms with van der Waals surface area (Å²) in [6.45, 7) is 5.41. The molecule has 1 heterocycles. The molecule has 0 aliphatic rings. The average molecular weight is 431 g/mol. The monoisotopic (exact) mass is 430 g/mol. The Morgan fingerprint density at radius 3 is 2.42 bits per heavy atom. The van der Waals surface area contributed by atoms with Gasteiger partial charge in [-0.3, -0.25) is 4.79 Å². The molecule has 0 aliphatic heterocycles. The number of benzene rings is 3. The summed E-state index contributed by atoms with van der Waals surface area (Å²) in [5.74, 6) is -0.224. The number of thiazole rings is 1. The minimum Gasteiger partial charge on any atom is -0.383 e. The Hall–Kier alpha value is -3.02. The molecule has 4 aromatic rings. The van der Waals surface area contributed by atoms with Crippen molar-refractivity contribution in [1.29, 1.82) is 0 Å². The maximum Gasteiger partial charge on any atom is 0.279 e. The lowest BCUT2D eigenvalue weighted by Gasteiger charge is -2.06. The largest absolute Gasteiger partial charge is 0.383 e. The van der Waals surface area contributed by atoms with E-state index in [1.165, 1.54) is 22.3 Å². The van der Waals surface area contributed by atoms with E-state index in [0.717, 1.165) is 16.6 Å². The molecule has 0 unspecified atom stereocenters. The lowest BCUT2D eigenvalue weighted by molar-refractivity contribution is 0.0997. The zero-order chi connectivity index (χ0) is 21.8. The summed E-state index contributed by atoms with van der Waals surface area (Å²) in [4.78, 5) is 18.1. The summed E-state index contributed by atoms with van der Waals surface area (Å²) in [5, 5.41) is 0. The summed E-state index contributed by atoms with van der Waals surface area (Å²) in [5.41, 5.74) is 6.52. The Balaban J connectivity index is 1.66. The van der Waals surface area contributed by atoms with Gasteiger partial charge in [0.1, 0.15) is 0 Å². The normalized spacial score (nSPS) is 11.9. The highest BCUT2D eigenvalue weighted by atomic mass is 32.1. The van der Waals surface area contributed by atoms with Crippen LogP contribution in [0.25, 0.3) is 10.2 Å². The third-order valence-corrected chi connectivity index (χ3v) is 6.51. The summed E-state index contributed by atoms with van der Waals surface area (Å²) < 4.78 is 8.54. The van der Waals surface area contributed by atoms with Crippen molar-refractivity contribution >= 4 is 27.5 Å². The molecule has 1 amide bonds. The smallest absolute Gasteiger partial charge is 0.279 e. The van der Waals surface area contributed by atoms with Crippen LogP contribution in [0.3, 0.4) is 0 Å². The highest BCUT2D eigenvalue weighted by Crippen LogP contribution is 2.23. The number of fused-ring (bicyclic) bond motifs is 1. The van der Waals surface area contributed by atoms with Crippen LogP contribution in [0.4, 0.5) is 0 Å². The van der Waals surface area contributed by atoms with Crippen molar-refractivity contribution in [3.05, 3.63) is 99.3 Å². The van der Waals surface area contributed by atoms with Gasteiger partial charge in [0.15, 0.2) is 4.80 Å². The van der Waals surface area contributed by atoms with Crippen molar-refractivity contribution in [3.8, 4) is 0 Å². The van der Waals surface area contributed by atoms with Crippen molar-refractivity contribution in [2.24, 2.45) is 4.99 Å². The van der Waals surface area contributed by atoms with Gasteiger partial charge in [0.2, 0.25) is 0 Å². The van der Waals surface area contributed by atoms with Crippen molar-refractivity contribution in [2.75, 3.05) is 13.7 Å². The molecular weight excluding hydrogens is 404 g/mol. The van der Waals surface area contributed by atoms with Crippen LogP contribution >= 0.6 is 11.3 Å². The lowest BCUT2D eigenvalue weighted by atomic mass is 10.0. The van der Waals surface area contributed by atoms with Gasteiger partial charge in [0.25, 0.3) is 5.91 Å². The first kappa shape index (κ1) is 21.2. The van der Waals surface area contributed by atoms with Gasteiger partial charge in [-0.05, 0) is 60.7 Å². The fourth-order valence-electron chi connectivity index (χ4n) is 3.74. The van der Waals surface area contributed by atoms with E-state index >= 15 is 0 Å². The van der Waals surface area contributed by atoms with Gasteiger partial charge in [0, 0.05) is 19.2 Å². The third-order valence-electron chi connectivity index (χ3n) is 5.28. The number of rotatable bonds is 6. The quantitative estimate of drug-likeness (QED) is 0.417. The van der Waals surface area contributed by atoms with Crippen LogP contribution in [-0.4, -0.2) is 24.2 Å². The first-order valence-corrected chi connectivity index (χ1v) is 11.2. The second-order valence-corrected chi connectivity index (χ2v) is 8.71. The maximum absolute atomic E-state index is 12.9. The van der Waals surface area contributed by atoms with E-state index in [-0.39, 0.29) is 5.91 Å². The molecule has 0 N–H and O–H groups in total. The number of nitrogens with zero attached hydrogens (tertiary/aromatic N) is 2. The van der Waals surface area contributed by atoms with Crippen LogP contribution in [0.1, 0.15) is 32.6 Å². The van der Waals surface area contributed by atoms with Gasteiger partial charge < -0.3 is 9.30 Å². The number of carbonyl (C=O) groups is 1. The number of hydrogen-bond donors (Lipinski definition) is 0. The van der Waals surface area contributed by atoms with E-state index in [4.69, 9.17) is 4.74 Å². The summed E-state index contributed by atoms with van der Waals surface area (Å²) >= 11 is 1.56. The van der Waals surface area contributed by atoms with Crippen LogP contribution in [0.5, 0.6) is 0 Å². The van der Waals surface area contributed by atoms with Crippen LogP contribution in [0.15, 0.2) is 71.7 Å². The lowest BCUT2D eigenvalue weighted by Crippen LogP contribution is -2.19. The van der Waals surface area contributed by atoms with Gasteiger partial charge in [-0.15, -0.1) is 0 Å². The minimum absolute atomic E-state index is 0.224. The Kier molecular flexibility index (Phi) is 6.44. The summed E-state index contributed by atoms with van der Waals surface area (Å²) in [6.07, 6.45) is 0.846. The number of ether oxygens (including phenoxy) is 1. The molecule has 31 heavy (non-hydrogen) atoms. The molecule has 4 rings (SSSR count). The number of methoxy groups -OCH3 is 1. The number of aryl methyl sites for hydroxylation is 2. The molecule has 0 atom stereocenters. The maximum atomic E-state index is 12.9. The van der Waals surface area contributed by atoms with Crippen molar-refractivity contribution in [1.82, 2.24) is 4.57 Å². The van der Waals surface area contributed by atoms with Crippen molar-refractivity contribution in [3.63, 3.8) is 0 Å². The number of hydrogen-bond acceptors (Lipinski definition) is 3. The number of carbonyl (C=O) groups excluding carboxylic acids is 1. The predicted molar refractivity (Wildman–Crippen MR) is 127 cm³/mol. The first-order valence-electron chi connectivity index (χ1n) is 10.4. The third kappa shape index (κ3) is 4.84. The molecule has 0 saturated heterocycles. The molecule has 3 aromatic carbocycles. The van der Waals surface area contributed by atoms with Gasteiger partial charge in [-0.1, -0.05) is 59.9 Å². The van der Waals surface area contributed by atoms with E-state index in [1.54, 1.807) is 18.4 Å². The molecule has 0 bridgehead atoms. The average Bonchev–Trinajstić information content (AvgIpc) is 3.10. The summed E-state index contributed by atoms with van der Waals surface area (Å²) in [7, 11) is 1.69. The van der Waals surface area contributed by atoms with Crippen LogP contribution < -0.4 is 4.80 Å². The molecule has 0 radical (unpaired) electrons. The van der Waals surface area contributed by atoms with E-state index in [0.29, 0.717) is 23.5 Å². The van der Waals surface area contributed by atoms with Crippen LogP contribution in [0, 0.1) is 13.8 Å². The topological polar surface area (TPSA) is 43.6 Å². The molecule has 1 aromatic heterocycles. The van der Waals surface area contributed by atoms with Gasteiger partial charge in [-0.2, -0.15) is 4.99 Å². The SMILES string of the molecule is COCCn1c(=NC(=O)c2ccc(Cc3ccccc3)cc2)sc2c(C)cc(C)cc21. The fraction of sp³-hybridized carbons (Fsp3) is 0.231. The van der Waals surface area contributed by atoms with Crippen molar-refractivity contribution in [2.45, 2.75) is 26.8 Å². The number of amides is 1. The molecule has 4 nitrogen and oxygen atoms in total. The molecular formula is C26H26N2O2S. The van der Waals surface area contributed by atoms with E-state index in [2.05, 4.69) is 47.7 Å². The molecule has 0 saturated carbocycles. The second kappa shape index (κ2) is 9.41. The highest BCUT2D eigenvalue weighted by molar-refractivity contribution is 7.16.